The van der Waals surface area contributed by atoms with E-state index in [4.69, 9.17) is 19.2 Å². The summed E-state index contributed by atoms with van der Waals surface area (Å²) in [6.45, 7) is 1.09. The highest BCUT2D eigenvalue weighted by atomic mass is 16.5. The largest absolute Gasteiger partial charge is 0.493 e. The Morgan fingerprint density at radius 1 is 1.08 bits per heavy atom. The molecule has 1 atom stereocenters. The first-order chi connectivity index (χ1) is 18.1. The van der Waals surface area contributed by atoms with Crippen LogP contribution in [0.25, 0.3) is 16.9 Å². The van der Waals surface area contributed by atoms with Gasteiger partial charge in [-0.2, -0.15) is 0 Å². The van der Waals surface area contributed by atoms with E-state index in [1.165, 1.54) is 0 Å². The number of rotatable bonds is 10. The van der Waals surface area contributed by atoms with Crippen LogP contribution in [0.4, 0.5) is 5.95 Å². The molecule has 1 N–H and O–H groups in total. The third-order valence-electron chi connectivity index (χ3n) is 6.69. The quantitative estimate of drug-likeness (QED) is 0.450. The molecule has 0 bridgehead atoms. The lowest BCUT2D eigenvalue weighted by molar-refractivity contribution is -0.137. The Labute approximate surface area is 216 Å². The van der Waals surface area contributed by atoms with Crippen LogP contribution in [-0.4, -0.2) is 66.3 Å². The summed E-state index contributed by atoms with van der Waals surface area (Å²) in [7, 11) is 3.16. The van der Waals surface area contributed by atoms with Crippen LogP contribution in [0.2, 0.25) is 0 Å². The molecule has 0 spiro atoms. The van der Waals surface area contributed by atoms with E-state index in [0.717, 1.165) is 36.9 Å². The number of ether oxygens (including phenoxy) is 3. The van der Waals surface area contributed by atoms with E-state index in [0.29, 0.717) is 36.3 Å². The van der Waals surface area contributed by atoms with Crippen molar-refractivity contribution in [2.75, 3.05) is 39.2 Å². The van der Waals surface area contributed by atoms with E-state index in [1.807, 2.05) is 48.7 Å². The van der Waals surface area contributed by atoms with Crippen molar-refractivity contribution in [2.24, 2.45) is 5.92 Å². The van der Waals surface area contributed by atoms with Crippen molar-refractivity contribution >= 4 is 17.8 Å². The molecule has 194 valence electrons. The number of carbonyl (C=O) groups excluding carboxylic acids is 2. The van der Waals surface area contributed by atoms with Crippen LogP contribution in [0.1, 0.15) is 25.7 Å². The van der Waals surface area contributed by atoms with Crippen LogP contribution in [0, 0.1) is 5.92 Å². The Bertz CT molecular complexity index is 1250. The van der Waals surface area contributed by atoms with Gasteiger partial charge in [-0.25, -0.2) is 4.98 Å². The Morgan fingerprint density at radius 3 is 2.54 bits per heavy atom. The molecule has 1 aliphatic carbocycles. The monoisotopic (exact) mass is 504 g/mol. The number of methoxy groups -OCH3 is 2. The van der Waals surface area contributed by atoms with Crippen molar-refractivity contribution in [1.82, 2.24) is 14.5 Å². The predicted octanol–water partition coefficient (Wildman–Crippen LogP) is 3.91. The van der Waals surface area contributed by atoms with Gasteiger partial charge in [0.1, 0.15) is 6.54 Å². The highest BCUT2D eigenvalue weighted by Crippen LogP contribution is 2.33. The van der Waals surface area contributed by atoms with E-state index in [1.54, 1.807) is 29.8 Å². The third-order valence-corrected chi connectivity index (χ3v) is 6.69. The van der Waals surface area contributed by atoms with Crippen molar-refractivity contribution in [3.63, 3.8) is 0 Å². The Hall–Kier alpha value is -3.85. The van der Waals surface area contributed by atoms with Crippen molar-refractivity contribution in [1.29, 1.82) is 0 Å². The zero-order valence-electron chi connectivity index (χ0n) is 21.2. The number of benzene rings is 2. The van der Waals surface area contributed by atoms with E-state index in [-0.39, 0.29) is 30.4 Å². The molecule has 2 amide bonds. The fourth-order valence-electron chi connectivity index (χ4n) is 4.58. The smallest absolute Gasteiger partial charge is 0.246 e. The average molecular weight is 505 g/mol. The van der Waals surface area contributed by atoms with Crippen LogP contribution in [0.5, 0.6) is 11.5 Å². The summed E-state index contributed by atoms with van der Waals surface area (Å²) >= 11 is 0. The molecule has 2 fully saturated rings. The van der Waals surface area contributed by atoms with Crippen molar-refractivity contribution in [2.45, 2.75) is 31.8 Å². The molecule has 2 aromatic carbocycles. The molecule has 3 aromatic rings. The maximum atomic E-state index is 13.3. The number of imidazole rings is 1. The highest BCUT2D eigenvalue weighted by molar-refractivity contribution is 5.94. The number of hydrogen-bond acceptors (Lipinski definition) is 6. The average Bonchev–Trinajstić information content (AvgIpc) is 3.49. The molecule has 0 radical (unpaired) electrons. The summed E-state index contributed by atoms with van der Waals surface area (Å²) in [5.74, 6) is 1.26. The van der Waals surface area contributed by atoms with Gasteiger partial charge in [-0.05, 0) is 37.8 Å². The lowest BCUT2D eigenvalue weighted by Gasteiger charge is -2.25. The molecule has 9 heteroatoms. The number of hydrogen-bond donors (Lipinski definition) is 1. The van der Waals surface area contributed by atoms with Gasteiger partial charge >= 0.3 is 0 Å². The van der Waals surface area contributed by atoms with Gasteiger partial charge in [0.25, 0.3) is 0 Å². The maximum Gasteiger partial charge on any atom is 0.246 e. The summed E-state index contributed by atoms with van der Waals surface area (Å²) in [4.78, 5) is 32.6. The first-order valence-electron chi connectivity index (χ1n) is 12.6. The predicted molar refractivity (Wildman–Crippen MR) is 139 cm³/mol. The van der Waals surface area contributed by atoms with Gasteiger partial charge < -0.3 is 19.1 Å². The summed E-state index contributed by atoms with van der Waals surface area (Å²) in [5, 5.41) is 2.94. The van der Waals surface area contributed by atoms with Gasteiger partial charge in [0.05, 0.1) is 31.7 Å². The van der Waals surface area contributed by atoms with Crippen molar-refractivity contribution < 1.29 is 23.8 Å². The van der Waals surface area contributed by atoms with Crippen LogP contribution in [0.3, 0.4) is 0 Å². The van der Waals surface area contributed by atoms with Gasteiger partial charge in [-0.15, -0.1) is 0 Å². The Kier molecular flexibility index (Phi) is 7.41. The van der Waals surface area contributed by atoms with Crippen molar-refractivity contribution in [3.05, 3.63) is 54.7 Å². The minimum absolute atomic E-state index is 0.0195. The molecule has 2 heterocycles. The second kappa shape index (κ2) is 11.0. The number of amides is 2. The molecule has 0 unspecified atom stereocenters. The summed E-state index contributed by atoms with van der Waals surface area (Å²) in [6, 6.07) is 15.2. The fraction of sp³-hybridized carbons (Fsp3) is 0.393. The molecule has 9 nitrogen and oxygen atoms in total. The molecular weight excluding hydrogens is 472 g/mol. The zero-order valence-corrected chi connectivity index (χ0v) is 21.2. The topological polar surface area (TPSA) is 94.9 Å². The number of anilines is 1. The second-order valence-electron chi connectivity index (χ2n) is 9.40. The summed E-state index contributed by atoms with van der Waals surface area (Å²) in [5.41, 5.74) is 2.37. The van der Waals surface area contributed by atoms with E-state index < -0.39 is 0 Å². The Balaban J connectivity index is 1.42. The highest BCUT2D eigenvalue weighted by Gasteiger charge is 2.35. The molecule has 2 aliphatic rings. The lowest BCUT2D eigenvalue weighted by atomic mass is 10.2. The minimum Gasteiger partial charge on any atom is -0.493 e. The SMILES string of the molecule is COc1ccc(-n2cc(-c3ccccc3)nc2NC(=O)CN(C[C@H]2CCCO2)C(=O)C2CC2)cc1OC. The van der Waals surface area contributed by atoms with E-state index >= 15 is 0 Å². The molecule has 1 aliphatic heterocycles. The first kappa shape index (κ1) is 24.8. The number of aromatic nitrogens is 2. The molecular formula is C28H32N4O5. The van der Waals surface area contributed by atoms with Gasteiger partial charge in [-0.3, -0.25) is 19.5 Å². The fourth-order valence-corrected chi connectivity index (χ4v) is 4.58. The maximum absolute atomic E-state index is 13.3. The number of nitrogens with one attached hydrogen (secondary N) is 1. The van der Waals surface area contributed by atoms with Crippen LogP contribution < -0.4 is 14.8 Å². The van der Waals surface area contributed by atoms with Gasteiger partial charge in [0, 0.05) is 36.9 Å². The van der Waals surface area contributed by atoms with Crippen LogP contribution in [0.15, 0.2) is 54.7 Å². The second-order valence-corrected chi connectivity index (χ2v) is 9.40. The standard InChI is InChI=1S/C28H32N4O5/c1-35-24-13-12-21(15-25(24)36-2)32-17-23(19-7-4-3-5-8-19)29-28(32)30-26(33)18-31(27(34)20-10-11-20)16-22-9-6-14-37-22/h3-5,7-8,12-13,15,17,20,22H,6,9-11,14,16,18H2,1-2H3,(H,29,30,33)/t22-/m1/s1. The molecule has 5 rings (SSSR count). The van der Waals surface area contributed by atoms with Gasteiger partial charge in [-0.1, -0.05) is 30.3 Å². The molecule has 37 heavy (non-hydrogen) atoms. The minimum atomic E-state index is -0.307. The molecule has 1 saturated heterocycles. The normalized spacial score (nSPS) is 16.9. The lowest BCUT2D eigenvalue weighted by Crippen LogP contribution is -2.43. The summed E-state index contributed by atoms with van der Waals surface area (Å²) < 4.78 is 18.4. The first-order valence-corrected chi connectivity index (χ1v) is 12.6. The van der Waals surface area contributed by atoms with Crippen LogP contribution >= 0.6 is 0 Å². The summed E-state index contributed by atoms with van der Waals surface area (Å²) in [6.07, 6.45) is 5.49. The van der Waals surface area contributed by atoms with E-state index in [9.17, 15) is 9.59 Å². The van der Waals surface area contributed by atoms with Crippen LogP contribution in [-0.2, 0) is 14.3 Å². The van der Waals surface area contributed by atoms with Gasteiger partial charge in [0.2, 0.25) is 17.8 Å². The molecule has 1 saturated carbocycles. The zero-order chi connectivity index (χ0) is 25.8. The Morgan fingerprint density at radius 2 is 1.86 bits per heavy atom. The third kappa shape index (κ3) is 5.77. The van der Waals surface area contributed by atoms with Crippen molar-refractivity contribution in [3.8, 4) is 28.4 Å². The van der Waals surface area contributed by atoms with E-state index in [2.05, 4.69) is 5.32 Å². The number of nitrogens with zero attached hydrogens (tertiary/aromatic N) is 3. The number of carbonyl (C=O) groups is 2. The molecule has 1 aromatic heterocycles. The van der Waals surface area contributed by atoms with Gasteiger partial charge in [0.15, 0.2) is 11.5 Å².